The predicted molar refractivity (Wildman–Crippen MR) is 95.7 cm³/mol. The van der Waals surface area contributed by atoms with Gasteiger partial charge in [0.2, 0.25) is 0 Å². The molecule has 1 N–H and O–H groups in total. The first-order valence-electron chi connectivity index (χ1n) is 8.08. The maximum Gasteiger partial charge on any atom is 0.410 e. The Labute approximate surface area is 146 Å². The first kappa shape index (κ1) is 18.0. The second-order valence-electron chi connectivity index (χ2n) is 7.15. The molecule has 1 atom stereocenters. The summed E-state index contributed by atoms with van der Waals surface area (Å²) in [5.74, 6) is 0.431. The normalized spacial score (nSPS) is 18.7. The molecule has 1 saturated heterocycles. The van der Waals surface area contributed by atoms with Gasteiger partial charge in [0.25, 0.3) is 0 Å². The van der Waals surface area contributed by atoms with Gasteiger partial charge >= 0.3 is 6.09 Å². The third-order valence-corrected chi connectivity index (χ3v) is 4.61. The quantitative estimate of drug-likeness (QED) is 0.794. The molecule has 1 fully saturated rings. The number of nitrogens with one attached hydrogen (secondary N) is 1. The molecule has 0 spiro atoms. The van der Waals surface area contributed by atoms with Crippen molar-refractivity contribution in [1.82, 2.24) is 9.88 Å². The van der Waals surface area contributed by atoms with Gasteiger partial charge < -0.3 is 15.0 Å². The number of carbonyl (C=O) groups is 1. The molecule has 0 saturated carbocycles. The number of pyridine rings is 1. The van der Waals surface area contributed by atoms with Crippen molar-refractivity contribution >= 4 is 27.7 Å². The highest BCUT2D eigenvalue weighted by atomic mass is 79.9. The van der Waals surface area contributed by atoms with Crippen LogP contribution in [0.3, 0.4) is 0 Å². The maximum absolute atomic E-state index is 12.2. The minimum absolute atomic E-state index is 0.205. The van der Waals surface area contributed by atoms with Crippen LogP contribution in [0.15, 0.2) is 16.9 Å². The molecule has 0 bridgehead atoms. The van der Waals surface area contributed by atoms with Crippen LogP contribution in [-0.4, -0.2) is 41.2 Å². The van der Waals surface area contributed by atoms with Crippen molar-refractivity contribution in [1.29, 1.82) is 0 Å². The molecule has 1 aromatic heterocycles. The number of piperidine rings is 1. The van der Waals surface area contributed by atoms with Gasteiger partial charge in [0, 0.05) is 19.6 Å². The molecule has 2 heterocycles. The summed E-state index contributed by atoms with van der Waals surface area (Å²) in [5, 5.41) is 3.43. The van der Waals surface area contributed by atoms with Crippen molar-refractivity contribution < 1.29 is 9.53 Å². The summed E-state index contributed by atoms with van der Waals surface area (Å²) in [7, 11) is 0. The zero-order chi connectivity index (χ0) is 17.0. The van der Waals surface area contributed by atoms with Crippen LogP contribution in [-0.2, 0) is 4.74 Å². The molecule has 6 heteroatoms. The number of ether oxygens (including phenoxy) is 1. The lowest BCUT2D eigenvalue weighted by molar-refractivity contribution is 0.0172. The fourth-order valence-corrected chi connectivity index (χ4v) is 2.86. The minimum atomic E-state index is -0.442. The molecule has 5 nitrogen and oxygen atoms in total. The lowest BCUT2D eigenvalue weighted by Crippen LogP contribution is -2.44. The Bertz CT molecular complexity index is 557. The molecule has 128 valence electrons. The Morgan fingerprint density at radius 3 is 2.91 bits per heavy atom. The van der Waals surface area contributed by atoms with E-state index in [9.17, 15) is 4.79 Å². The first-order chi connectivity index (χ1) is 10.7. The number of likely N-dealkylation sites (tertiary alicyclic amines) is 1. The highest BCUT2D eigenvalue weighted by Gasteiger charge is 2.27. The Kier molecular flexibility index (Phi) is 5.89. The molecule has 1 unspecified atom stereocenters. The van der Waals surface area contributed by atoms with Gasteiger partial charge in [0.05, 0.1) is 11.9 Å². The number of rotatable bonds is 3. The van der Waals surface area contributed by atoms with Gasteiger partial charge in [0.15, 0.2) is 0 Å². The van der Waals surface area contributed by atoms with E-state index in [4.69, 9.17) is 4.74 Å². The lowest BCUT2D eigenvalue weighted by Gasteiger charge is -2.34. The molecule has 23 heavy (non-hydrogen) atoms. The van der Waals surface area contributed by atoms with E-state index in [1.807, 2.05) is 38.8 Å². The summed E-state index contributed by atoms with van der Waals surface area (Å²) in [5.41, 5.74) is 1.68. The van der Waals surface area contributed by atoms with Crippen molar-refractivity contribution in [2.75, 3.05) is 25.0 Å². The molecule has 0 aliphatic carbocycles. The van der Waals surface area contributed by atoms with Crippen molar-refractivity contribution in [2.45, 2.75) is 46.1 Å². The fraction of sp³-hybridized carbons (Fsp3) is 0.647. The van der Waals surface area contributed by atoms with E-state index in [-0.39, 0.29) is 6.09 Å². The number of hydrogen-bond acceptors (Lipinski definition) is 4. The van der Waals surface area contributed by atoms with Gasteiger partial charge in [0.1, 0.15) is 10.2 Å². The number of nitrogens with zero attached hydrogens (tertiary/aromatic N) is 2. The average Bonchev–Trinajstić information content (AvgIpc) is 2.47. The molecule has 1 aliphatic heterocycles. The summed E-state index contributed by atoms with van der Waals surface area (Å²) in [6, 6.07) is 2.07. The summed E-state index contributed by atoms with van der Waals surface area (Å²) in [6.07, 6.45) is 3.76. The predicted octanol–water partition coefficient (Wildman–Crippen LogP) is 4.21. The van der Waals surface area contributed by atoms with Crippen molar-refractivity contribution in [3.8, 4) is 0 Å². The van der Waals surface area contributed by atoms with E-state index in [0.29, 0.717) is 5.92 Å². The van der Waals surface area contributed by atoms with Gasteiger partial charge in [-0.25, -0.2) is 9.78 Å². The third-order valence-electron chi connectivity index (χ3n) is 3.78. The maximum atomic E-state index is 12.2. The number of aryl methyl sites for hydroxylation is 1. The molecule has 2 rings (SSSR count). The van der Waals surface area contributed by atoms with Crippen LogP contribution in [0, 0.1) is 12.8 Å². The van der Waals surface area contributed by atoms with Crippen molar-refractivity contribution in [2.24, 2.45) is 5.92 Å². The van der Waals surface area contributed by atoms with Gasteiger partial charge in [-0.05, 0) is 74.0 Å². The van der Waals surface area contributed by atoms with E-state index in [0.717, 1.165) is 48.3 Å². The molecule has 1 aromatic rings. The van der Waals surface area contributed by atoms with Crippen LogP contribution >= 0.6 is 15.9 Å². The van der Waals surface area contributed by atoms with E-state index in [1.54, 1.807) is 0 Å². The SMILES string of the molecule is Cc1cc(NCC2CCCN(C(=O)OC(C)(C)C)C2)cnc1Br. The van der Waals surface area contributed by atoms with Crippen LogP contribution in [0.25, 0.3) is 0 Å². The van der Waals surface area contributed by atoms with Gasteiger partial charge in [-0.3, -0.25) is 0 Å². The number of aromatic nitrogens is 1. The summed E-state index contributed by atoms with van der Waals surface area (Å²) >= 11 is 3.41. The van der Waals surface area contributed by atoms with Crippen molar-refractivity contribution in [3.63, 3.8) is 0 Å². The second-order valence-corrected chi connectivity index (χ2v) is 7.90. The number of carbonyl (C=O) groups excluding carboxylic acids is 1. The smallest absolute Gasteiger partial charge is 0.410 e. The van der Waals surface area contributed by atoms with E-state index >= 15 is 0 Å². The molecule has 1 aliphatic rings. The minimum Gasteiger partial charge on any atom is -0.444 e. The highest BCUT2D eigenvalue weighted by molar-refractivity contribution is 9.10. The Hall–Kier alpha value is -1.30. The van der Waals surface area contributed by atoms with Gasteiger partial charge in [-0.1, -0.05) is 0 Å². The van der Waals surface area contributed by atoms with Crippen LogP contribution in [0.4, 0.5) is 10.5 Å². The molecular formula is C17H26BrN3O2. The Balaban J connectivity index is 1.86. The van der Waals surface area contributed by atoms with E-state index < -0.39 is 5.60 Å². The van der Waals surface area contributed by atoms with E-state index in [1.165, 1.54) is 0 Å². The van der Waals surface area contributed by atoms with Crippen LogP contribution in [0.1, 0.15) is 39.2 Å². The second kappa shape index (κ2) is 7.51. The molecular weight excluding hydrogens is 358 g/mol. The average molecular weight is 384 g/mol. The Morgan fingerprint density at radius 2 is 2.26 bits per heavy atom. The van der Waals surface area contributed by atoms with Crippen LogP contribution in [0.2, 0.25) is 0 Å². The lowest BCUT2D eigenvalue weighted by atomic mass is 9.98. The van der Waals surface area contributed by atoms with Gasteiger partial charge in [-0.2, -0.15) is 0 Å². The zero-order valence-electron chi connectivity index (χ0n) is 14.4. The molecule has 1 amide bonds. The van der Waals surface area contributed by atoms with E-state index in [2.05, 4.69) is 32.3 Å². The number of anilines is 1. The standard InChI is InChI=1S/C17H26BrN3O2/c1-12-8-14(10-20-15(12)18)19-9-13-6-5-7-21(11-13)16(22)23-17(2,3)4/h8,10,13,19H,5-7,9,11H2,1-4H3. The number of hydrogen-bond donors (Lipinski definition) is 1. The highest BCUT2D eigenvalue weighted by Crippen LogP contribution is 2.21. The summed E-state index contributed by atoms with van der Waals surface area (Å²) < 4.78 is 6.34. The monoisotopic (exact) mass is 383 g/mol. The third kappa shape index (κ3) is 5.68. The van der Waals surface area contributed by atoms with Crippen LogP contribution < -0.4 is 5.32 Å². The van der Waals surface area contributed by atoms with Gasteiger partial charge in [-0.15, -0.1) is 0 Å². The molecule has 0 radical (unpaired) electrons. The number of amides is 1. The molecule has 0 aromatic carbocycles. The van der Waals surface area contributed by atoms with Crippen molar-refractivity contribution in [3.05, 3.63) is 22.4 Å². The first-order valence-corrected chi connectivity index (χ1v) is 8.88. The van der Waals surface area contributed by atoms with Crippen LogP contribution in [0.5, 0.6) is 0 Å². The fourth-order valence-electron chi connectivity index (χ4n) is 2.64. The summed E-state index contributed by atoms with van der Waals surface area (Å²) in [4.78, 5) is 18.3. The summed E-state index contributed by atoms with van der Waals surface area (Å²) in [6.45, 7) is 10.1. The Morgan fingerprint density at radius 1 is 1.52 bits per heavy atom. The topological polar surface area (TPSA) is 54.5 Å². The largest absolute Gasteiger partial charge is 0.444 e. The number of halogens is 1. The zero-order valence-corrected chi connectivity index (χ0v) is 15.9.